The van der Waals surface area contributed by atoms with Gasteiger partial charge in [-0.3, -0.25) is 14.5 Å². The van der Waals surface area contributed by atoms with Crippen molar-refractivity contribution in [2.24, 2.45) is 0 Å². The number of rotatable bonds is 8. The van der Waals surface area contributed by atoms with Crippen LogP contribution in [0.4, 0.5) is 10.3 Å². The summed E-state index contributed by atoms with van der Waals surface area (Å²) in [7, 11) is 0. The normalized spacial score (nSPS) is 13.3. The topological polar surface area (TPSA) is 88.1 Å². The fourth-order valence-corrected chi connectivity index (χ4v) is 5.53. The van der Waals surface area contributed by atoms with E-state index in [1.165, 1.54) is 40.0 Å². The lowest BCUT2D eigenvalue weighted by Crippen LogP contribution is -2.32. The quantitative estimate of drug-likeness (QED) is 0.369. The Morgan fingerprint density at radius 3 is 2.81 bits per heavy atom. The average Bonchev–Trinajstić information content (AvgIpc) is 3.29. The fraction of sp³-hybridized carbons (Fsp3) is 0.381. The molecule has 0 radical (unpaired) electrons. The Morgan fingerprint density at radius 1 is 1.26 bits per heavy atom. The van der Waals surface area contributed by atoms with Crippen LogP contribution in [0.25, 0.3) is 11.3 Å². The van der Waals surface area contributed by atoms with Crippen LogP contribution < -0.4 is 10.2 Å². The lowest BCUT2D eigenvalue weighted by Gasteiger charge is -2.17. The predicted molar refractivity (Wildman–Crippen MR) is 127 cm³/mol. The van der Waals surface area contributed by atoms with Crippen molar-refractivity contribution in [3.8, 4) is 11.3 Å². The highest BCUT2D eigenvalue weighted by Crippen LogP contribution is 2.36. The number of benzene rings is 1. The number of amides is 2. The van der Waals surface area contributed by atoms with Crippen LogP contribution in [-0.4, -0.2) is 38.8 Å². The van der Waals surface area contributed by atoms with Gasteiger partial charge in [0.2, 0.25) is 16.9 Å². The molecule has 0 spiro atoms. The van der Waals surface area contributed by atoms with Crippen molar-refractivity contribution in [1.29, 1.82) is 0 Å². The Morgan fingerprint density at radius 2 is 2.06 bits per heavy atom. The number of hydrogen-bond donors (Lipinski definition) is 1. The summed E-state index contributed by atoms with van der Waals surface area (Å²) in [5, 5.41) is 14.3. The minimum atomic E-state index is -0.146. The molecule has 1 N–H and O–H groups in total. The van der Waals surface area contributed by atoms with Gasteiger partial charge in [-0.25, -0.2) is 4.98 Å². The maximum atomic E-state index is 12.4. The molecule has 7 nitrogen and oxygen atoms in total. The van der Waals surface area contributed by atoms with Crippen LogP contribution in [0.1, 0.15) is 37.3 Å². The first-order valence-corrected chi connectivity index (χ1v) is 12.7. The van der Waals surface area contributed by atoms with Gasteiger partial charge in [0.05, 0.1) is 11.4 Å². The van der Waals surface area contributed by atoms with E-state index in [2.05, 4.69) is 52.5 Å². The molecule has 0 unspecified atom stereocenters. The van der Waals surface area contributed by atoms with Gasteiger partial charge in [0.25, 0.3) is 0 Å². The van der Waals surface area contributed by atoms with Gasteiger partial charge in [0.15, 0.2) is 9.47 Å². The average molecular weight is 474 g/mol. The highest BCUT2D eigenvalue weighted by molar-refractivity contribution is 8.01. The van der Waals surface area contributed by atoms with Crippen LogP contribution in [0.15, 0.2) is 27.9 Å². The summed E-state index contributed by atoms with van der Waals surface area (Å²) in [6.45, 7) is 5.96. The first kappa shape index (κ1) is 21.9. The Kier molecular flexibility index (Phi) is 6.68. The lowest BCUT2D eigenvalue weighted by atomic mass is 10.0. The molecular formula is C21H23N5O2S3. The number of thiazole rings is 1. The molecule has 1 aromatic carbocycles. The second-order valence-electron chi connectivity index (χ2n) is 7.39. The molecule has 0 aliphatic heterocycles. The van der Waals surface area contributed by atoms with Gasteiger partial charge in [-0.15, -0.1) is 21.5 Å². The molecule has 31 heavy (non-hydrogen) atoms. The molecule has 1 saturated carbocycles. The molecule has 1 aliphatic rings. The van der Waals surface area contributed by atoms with Crippen molar-refractivity contribution >= 4 is 56.5 Å². The third kappa shape index (κ3) is 5.31. The predicted octanol–water partition coefficient (Wildman–Crippen LogP) is 4.91. The highest BCUT2D eigenvalue weighted by atomic mass is 32.2. The van der Waals surface area contributed by atoms with E-state index in [1.807, 2.05) is 12.3 Å². The van der Waals surface area contributed by atoms with Crippen molar-refractivity contribution in [3.05, 3.63) is 34.7 Å². The van der Waals surface area contributed by atoms with Crippen molar-refractivity contribution in [1.82, 2.24) is 15.2 Å². The number of carbonyl (C=O) groups is 2. The van der Waals surface area contributed by atoms with Crippen LogP contribution in [-0.2, 0) is 9.59 Å². The number of anilines is 2. The van der Waals surface area contributed by atoms with Gasteiger partial charge in [-0.1, -0.05) is 47.7 Å². The minimum Gasteiger partial charge on any atom is -0.301 e. The second-order valence-corrected chi connectivity index (χ2v) is 10.4. The van der Waals surface area contributed by atoms with Crippen LogP contribution >= 0.6 is 34.4 Å². The van der Waals surface area contributed by atoms with Gasteiger partial charge in [0, 0.05) is 23.4 Å². The molecule has 3 aromatic rings. The number of aromatic nitrogens is 3. The number of hydrogen-bond acceptors (Lipinski definition) is 8. The van der Waals surface area contributed by atoms with Gasteiger partial charge >= 0.3 is 0 Å². The lowest BCUT2D eigenvalue weighted by molar-refractivity contribution is -0.118. The van der Waals surface area contributed by atoms with Gasteiger partial charge < -0.3 is 5.32 Å². The summed E-state index contributed by atoms with van der Waals surface area (Å²) in [6.07, 6.45) is 2.46. The number of carbonyl (C=O) groups excluding carboxylic acids is 2. The first-order valence-electron chi connectivity index (χ1n) is 10.1. The van der Waals surface area contributed by atoms with E-state index in [0.717, 1.165) is 29.7 Å². The standard InChI is InChI=1S/C21H23N5O2S3/c1-4-18(28)26(14-7-8-14)20-24-25-21(31-20)30-11-17(27)23-19-22-16(10-29-19)15-9-12(2)5-6-13(15)3/h5-6,9-10,14H,4,7-8,11H2,1-3H3,(H,22,23,27). The van der Waals surface area contributed by atoms with Gasteiger partial charge in [0.1, 0.15) is 0 Å². The smallest absolute Gasteiger partial charge is 0.236 e. The molecule has 162 valence electrons. The van der Waals surface area contributed by atoms with E-state index in [0.29, 0.717) is 21.0 Å². The van der Waals surface area contributed by atoms with Gasteiger partial charge in [-0.05, 0) is 38.3 Å². The van der Waals surface area contributed by atoms with E-state index in [9.17, 15) is 9.59 Å². The Bertz CT molecular complexity index is 1110. The van der Waals surface area contributed by atoms with E-state index in [-0.39, 0.29) is 23.6 Å². The molecule has 1 aliphatic carbocycles. The summed E-state index contributed by atoms with van der Waals surface area (Å²) >= 11 is 4.09. The van der Waals surface area contributed by atoms with E-state index in [4.69, 9.17) is 0 Å². The molecule has 0 saturated heterocycles. The first-order chi connectivity index (χ1) is 14.9. The summed E-state index contributed by atoms with van der Waals surface area (Å²) in [5.41, 5.74) is 4.27. The summed E-state index contributed by atoms with van der Waals surface area (Å²) in [5.74, 6) is 0.127. The molecule has 4 rings (SSSR count). The Balaban J connectivity index is 1.34. The van der Waals surface area contributed by atoms with Crippen LogP contribution in [0.3, 0.4) is 0 Å². The zero-order valence-electron chi connectivity index (χ0n) is 17.5. The summed E-state index contributed by atoms with van der Waals surface area (Å²) < 4.78 is 0.676. The van der Waals surface area contributed by atoms with E-state index >= 15 is 0 Å². The monoisotopic (exact) mass is 473 g/mol. The summed E-state index contributed by atoms with van der Waals surface area (Å²) in [6, 6.07) is 6.50. The third-order valence-electron chi connectivity index (χ3n) is 4.83. The van der Waals surface area contributed by atoms with E-state index in [1.54, 1.807) is 4.90 Å². The molecule has 0 atom stereocenters. The molecular weight excluding hydrogens is 450 g/mol. The van der Waals surface area contributed by atoms with E-state index < -0.39 is 0 Å². The zero-order valence-corrected chi connectivity index (χ0v) is 20.0. The SMILES string of the molecule is CCC(=O)N(c1nnc(SCC(=O)Nc2nc(-c3cc(C)ccc3C)cs2)s1)C1CC1. The third-order valence-corrected chi connectivity index (χ3v) is 7.64. The Hall–Kier alpha value is -2.30. The summed E-state index contributed by atoms with van der Waals surface area (Å²) in [4.78, 5) is 30.9. The maximum absolute atomic E-state index is 12.4. The Labute approximate surface area is 193 Å². The van der Waals surface area contributed by atoms with Crippen molar-refractivity contribution in [2.45, 2.75) is 50.4 Å². The number of nitrogens with one attached hydrogen (secondary N) is 1. The number of nitrogens with zero attached hydrogens (tertiary/aromatic N) is 4. The highest BCUT2D eigenvalue weighted by Gasteiger charge is 2.35. The molecule has 2 heterocycles. The largest absolute Gasteiger partial charge is 0.301 e. The van der Waals surface area contributed by atoms with Crippen molar-refractivity contribution < 1.29 is 9.59 Å². The van der Waals surface area contributed by atoms with Crippen molar-refractivity contribution in [2.75, 3.05) is 16.0 Å². The number of aryl methyl sites for hydroxylation is 2. The van der Waals surface area contributed by atoms with Crippen molar-refractivity contribution in [3.63, 3.8) is 0 Å². The molecule has 1 fully saturated rings. The zero-order chi connectivity index (χ0) is 22.0. The van der Waals surface area contributed by atoms with Gasteiger partial charge in [-0.2, -0.15) is 0 Å². The molecule has 0 bridgehead atoms. The minimum absolute atomic E-state index is 0.0661. The molecule has 2 amide bonds. The maximum Gasteiger partial charge on any atom is 0.236 e. The second kappa shape index (κ2) is 9.46. The van der Waals surface area contributed by atoms with Crippen LogP contribution in [0, 0.1) is 13.8 Å². The number of thioether (sulfide) groups is 1. The van der Waals surface area contributed by atoms with Crippen LogP contribution in [0.5, 0.6) is 0 Å². The fourth-order valence-electron chi connectivity index (χ4n) is 3.08. The van der Waals surface area contributed by atoms with Crippen LogP contribution in [0.2, 0.25) is 0 Å². The molecule has 2 aromatic heterocycles. The molecule has 10 heteroatoms.